The number of ether oxygens (including phenoxy) is 2. The Morgan fingerprint density at radius 3 is 2.82 bits per heavy atom. The molecule has 0 fully saturated rings. The van der Waals surface area contributed by atoms with Crippen LogP contribution in [-0.2, 0) is 11.2 Å². The molecular weight excluding hydrogens is 302 g/mol. The summed E-state index contributed by atoms with van der Waals surface area (Å²) in [5, 5.41) is 3.49. The van der Waals surface area contributed by atoms with Crippen molar-refractivity contribution in [3.8, 4) is 11.5 Å². The predicted molar refractivity (Wildman–Crippen MR) is 84.5 cm³/mol. The van der Waals surface area contributed by atoms with E-state index in [0.29, 0.717) is 30.3 Å². The largest absolute Gasteiger partial charge is 0.486 e. The molecule has 1 atom stereocenters. The fraction of sp³-hybridized carbons (Fsp3) is 0.235. The minimum Gasteiger partial charge on any atom is -0.486 e. The molecule has 1 aliphatic rings. The fourth-order valence-electron chi connectivity index (χ4n) is 2.29. The van der Waals surface area contributed by atoms with E-state index in [1.54, 1.807) is 12.1 Å². The van der Waals surface area contributed by atoms with Crippen molar-refractivity contribution in [3.05, 3.63) is 59.1 Å². The molecule has 0 spiro atoms. The fourth-order valence-corrected chi connectivity index (χ4v) is 2.50. The van der Waals surface area contributed by atoms with Gasteiger partial charge < -0.3 is 14.8 Å². The van der Waals surface area contributed by atoms with E-state index in [1.807, 2.05) is 36.4 Å². The summed E-state index contributed by atoms with van der Waals surface area (Å²) in [5.41, 5.74) is 0.885. The molecule has 0 aromatic heterocycles. The summed E-state index contributed by atoms with van der Waals surface area (Å²) >= 11 is 5.91. The maximum absolute atomic E-state index is 12.0. The third-order valence-corrected chi connectivity index (χ3v) is 3.58. The highest BCUT2D eigenvalue weighted by Gasteiger charge is 2.20. The van der Waals surface area contributed by atoms with Crippen molar-refractivity contribution in [2.24, 2.45) is 0 Å². The van der Waals surface area contributed by atoms with Gasteiger partial charge in [0.1, 0.15) is 12.7 Å². The van der Waals surface area contributed by atoms with Gasteiger partial charge in [-0.2, -0.15) is 0 Å². The molecule has 2 aromatic rings. The van der Waals surface area contributed by atoms with Gasteiger partial charge in [0, 0.05) is 5.02 Å². The predicted octanol–water partition coefficient (Wildman–Crippen LogP) is 2.84. The van der Waals surface area contributed by atoms with Gasteiger partial charge in [-0.15, -0.1) is 0 Å². The molecular formula is C17H16ClNO3. The lowest BCUT2D eigenvalue weighted by atomic mass is 10.1. The molecule has 0 saturated heterocycles. The van der Waals surface area contributed by atoms with Gasteiger partial charge in [0.15, 0.2) is 11.5 Å². The monoisotopic (exact) mass is 317 g/mol. The van der Waals surface area contributed by atoms with Crippen molar-refractivity contribution in [2.75, 3.05) is 13.2 Å². The molecule has 22 heavy (non-hydrogen) atoms. The van der Waals surface area contributed by atoms with Crippen LogP contribution in [0.15, 0.2) is 48.5 Å². The molecule has 114 valence electrons. The smallest absolute Gasteiger partial charge is 0.224 e. The maximum Gasteiger partial charge on any atom is 0.224 e. The molecule has 2 aromatic carbocycles. The Labute approximate surface area is 134 Å². The second-order valence-electron chi connectivity index (χ2n) is 5.11. The van der Waals surface area contributed by atoms with Gasteiger partial charge in [-0.3, -0.25) is 4.79 Å². The Kier molecular flexibility index (Phi) is 4.49. The van der Waals surface area contributed by atoms with Crippen LogP contribution >= 0.6 is 11.6 Å². The van der Waals surface area contributed by atoms with Crippen molar-refractivity contribution in [2.45, 2.75) is 12.5 Å². The first kappa shape index (κ1) is 14.7. The zero-order valence-corrected chi connectivity index (χ0v) is 12.7. The number of halogens is 1. The summed E-state index contributed by atoms with van der Waals surface area (Å²) in [6.45, 7) is 0.836. The molecule has 0 radical (unpaired) electrons. The lowest BCUT2D eigenvalue weighted by Gasteiger charge is -2.26. The normalized spacial score (nSPS) is 16.1. The van der Waals surface area contributed by atoms with Crippen LogP contribution in [-0.4, -0.2) is 25.2 Å². The minimum absolute atomic E-state index is 0.0651. The van der Waals surface area contributed by atoms with Crippen LogP contribution in [0.3, 0.4) is 0 Å². The summed E-state index contributed by atoms with van der Waals surface area (Å²) in [7, 11) is 0. The zero-order valence-electron chi connectivity index (χ0n) is 11.9. The van der Waals surface area contributed by atoms with E-state index in [9.17, 15) is 4.79 Å². The molecule has 0 saturated carbocycles. The van der Waals surface area contributed by atoms with E-state index < -0.39 is 0 Å². The third-order valence-electron chi connectivity index (χ3n) is 3.35. The highest BCUT2D eigenvalue weighted by atomic mass is 35.5. The average molecular weight is 318 g/mol. The van der Waals surface area contributed by atoms with Crippen LogP contribution in [0.25, 0.3) is 0 Å². The highest BCUT2D eigenvalue weighted by Crippen LogP contribution is 2.30. The van der Waals surface area contributed by atoms with Crippen LogP contribution in [0.4, 0.5) is 0 Å². The standard InChI is InChI=1S/C17H16ClNO3/c18-13-5-3-4-12(8-13)9-17(20)19-10-14-11-21-15-6-1-2-7-16(15)22-14/h1-8,14H,9-11H2,(H,19,20)/t14-/m0/s1. The Balaban J connectivity index is 1.50. The molecule has 1 aliphatic heterocycles. The summed E-state index contributed by atoms with van der Waals surface area (Å²) in [5.74, 6) is 1.39. The second-order valence-corrected chi connectivity index (χ2v) is 5.54. The number of fused-ring (bicyclic) bond motifs is 1. The van der Waals surface area contributed by atoms with Crippen molar-refractivity contribution < 1.29 is 14.3 Å². The molecule has 0 unspecified atom stereocenters. The van der Waals surface area contributed by atoms with Crippen molar-refractivity contribution in [3.63, 3.8) is 0 Å². The molecule has 1 N–H and O–H groups in total. The SMILES string of the molecule is O=C(Cc1cccc(Cl)c1)NC[C@H]1COc2ccccc2O1. The van der Waals surface area contributed by atoms with Crippen molar-refractivity contribution in [1.29, 1.82) is 0 Å². The van der Waals surface area contributed by atoms with E-state index in [-0.39, 0.29) is 12.0 Å². The third kappa shape index (κ3) is 3.71. The summed E-state index contributed by atoms with van der Waals surface area (Å²) in [4.78, 5) is 12.0. The summed E-state index contributed by atoms with van der Waals surface area (Å²) in [6, 6.07) is 14.8. The van der Waals surface area contributed by atoms with Gasteiger partial charge in [-0.05, 0) is 29.8 Å². The number of rotatable bonds is 4. The van der Waals surface area contributed by atoms with Gasteiger partial charge in [0.25, 0.3) is 0 Å². The van der Waals surface area contributed by atoms with Crippen LogP contribution in [0, 0.1) is 0 Å². The number of amides is 1. The number of nitrogens with one attached hydrogen (secondary N) is 1. The number of carbonyl (C=O) groups excluding carboxylic acids is 1. The lowest BCUT2D eigenvalue weighted by molar-refractivity contribution is -0.120. The molecule has 5 heteroatoms. The van der Waals surface area contributed by atoms with Gasteiger partial charge in [0.05, 0.1) is 13.0 Å². The van der Waals surface area contributed by atoms with Gasteiger partial charge in [-0.1, -0.05) is 35.9 Å². The Hall–Kier alpha value is -2.20. The zero-order chi connectivity index (χ0) is 15.4. The Morgan fingerprint density at radius 1 is 1.18 bits per heavy atom. The quantitative estimate of drug-likeness (QED) is 0.943. The van der Waals surface area contributed by atoms with E-state index in [2.05, 4.69) is 5.32 Å². The number of carbonyl (C=O) groups is 1. The maximum atomic E-state index is 12.0. The highest BCUT2D eigenvalue weighted by molar-refractivity contribution is 6.30. The van der Waals surface area contributed by atoms with E-state index in [4.69, 9.17) is 21.1 Å². The molecule has 4 nitrogen and oxygen atoms in total. The molecule has 0 bridgehead atoms. The number of benzene rings is 2. The van der Waals surface area contributed by atoms with Crippen LogP contribution in [0.1, 0.15) is 5.56 Å². The second kappa shape index (κ2) is 6.71. The number of hydrogen-bond acceptors (Lipinski definition) is 3. The summed E-state index contributed by atoms with van der Waals surface area (Å²) < 4.78 is 11.4. The van der Waals surface area contributed by atoms with Crippen LogP contribution in [0.5, 0.6) is 11.5 Å². The number of para-hydroxylation sites is 2. The lowest BCUT2D eigenvalue weighted by Crippen LogP contribution is -2.41. The molecule has 1 heterocycles. The van der Waals surface area contributed by atoms with E-state index >= 15 is 0 Å². The van der Waals surface area contributed by atoms with Crippen molar-refractivity contribution in [1.82, 2.24) is 5.32 Å². The first-order valence-corrected chi connectivity index (χ1v) is 7.48. The minimum atomic E-state index is -0.182. The number of hydrogen-bond donors (Lipinski definition) is 1. The van der Waals surface area contributed by atoms with Gasteiger partial charge in [-0.25, -0.2) is 0 Å². The van der Waals surface area contributed by atoms with Crippen LogP contribution < -0.4 is 14.8 Å². The van der Waals surface area contributed by atoms with E-state index in [1.165, 1.54) is 0 Å². The van der Waals surface area contributed by atoms with Crippen molar-refractivity contribution >= 4 is 17.5 Å². The molecule has 0 aliphatic carbocycles. The van der Waals surface area contributed by atoms with Gasteiger partial charge in [0.2, 0.25) is 5.91 Å². The average Bonchev–Trinajstić information content (AvgIpc) is 2.53. The first-order valence-electron chi connectivity index (χ1n) is 7.10. The first-order chi connectivity index (χ1) is 10.7. The molecule has 3 rings (SSSR count). The van der Waals surface area contributed by atoms with Crippen LogP contribution in [0.2, 0.25) is 5.02 Å². The Morgan fingerprint density at radius 2 is 2.00 bits per heavy atom. The van der Waals surface area contributed by atoms with E-state index in [0.717, 1.165) is 11.3 Å². The summed E-state index contributed by atoms with van der Waals surface area (Å²) in [6.07, 6.45) is 0.114. The molecule has 1 amide bonds. The Bertz CT molecular complexity index is 674. The van der Waals surface area contributed by atoms with Gasteiger partial charge >= 0.3 is 0 Å². The topological polar surface area (TPSA) is 47.6 Å².